The number of hydrogen-bond donors (Lipinski definition) is 2. The second-order valence-electron chi connectivity index (χ2n) is 7.59. The van der Waals surface area contributed by atoms with E-state index >= 15 is 0 Å². The average molecular weight is 445 g/mol. The number of carbonyl (C=O) groups excluding carboxylic acids is 1. The van der Waals surface area contributed by atoms with Crippen LogP contribution in [0.2, 0.25) is 0 Å². The van der Waals surface area contributed by atoms with E-state index in [4.69, 9.17) is 4.98 Å². The van der Waals surface area contributed by atoms with E-state index in [-0.39, 0.29) is 17.8 Å². The summed E-state index contributed by atoms with van der Waals surface area (Å²) < 4.78 is 15.4. The predicted molar refractivity (Wildman–Crippen MR) is 127 cm³/mol. The summed E-state index contributed by atoms with van der Waals surface area (Å²) in [5.74, 6) is 0.101. The molecule has 2 N–H and O–H groups in total. The number of thioether (sulfide) groups is 1. The van der Waals surface area contributed by atoms with Gasteiger partial charge in [0.2, 0.25) is 5.95 Å². The van der Waals surface area contributed by atoms with Crippen LogP contribution in [0.4, 0.5) is 16.0 Å². The molecule has 0 radical (unpaired) electrons. The molecular weight excluding hydrogens is 423 g/mol. The number of para-hydroxylation sites is 2. The number of amides is 1. The molecular formula is C25H21FN4OS. The van der Waals surface area contributed by atoms with Crippen LogP contribution in [-0.4, -0.2) is 21.7 Å². The number of nitrogens with zero attached hydrogens (tertiary/aromatic N) is 2. The van der Waals surface area contributed by atoms with Crippen molar-refractivity contribution in [2.75, 3.05) is 16.9 Å². The molecule has 3 aromatic carbocycles. The van der Waals surface area contributed by atoms with Gasteiger partial charge in [0.05, 0.1) is 22.6 Å². The zero-order chi connectivity index (χ0) is 22.2. The van der Waals surface area contributed by atoms with Crippen LogP contribution in [0, 0.1) is 5.82 Å². The number of fused-ring (bicyclic) bond motifs is 3. The summed E-state index contributed by atoms with van der Waals surface area (Å²) >= 11 is 1.67. The average Bonchev–Trinajstić information content (AvgIpc) is 3.17. The minimum Gasteiger partial charge on any atom is -0.329 e. The predicted octanol–water partition coefficient (Wildman–Crippen LogP) is 5.82. The maximum Gasteiger partial charge on any atom is 0.255 e. The van der Waals surface area contributed by atoms with Crippen molar-refractivity contribution in [2.24, 2.45) is 0 Å². The van der Waals surface area contributed by atoms with Crippen molar-refractivity contribution in [3.63, 3.8) is 0 Å². The highest BCUT2D eigenvalue weighted by Crippen LogP contribution is 2.39. The van der Waals surface area contributed by atoms with E-state index in [1.807, 2.05) is 37.4 Å². The molecule has 7 heteroatoms. The second kappa shape index (κ2) is 8.16. The topological polar surface area (TPSA) is 59.0 Å². The van der Waals surface area contributed by atoms with E-state index in [1.165, 1.54) is 12.1 Å². The van der Waals surface area contributed by atoms with Crippen molar-refractivity contribution in [1.29, 1.82) is 0 Å². The molecule has 0 saturated carbocycles. The lowest BCUT2D eigenvalue weighted by atomic mass is 9.94. The van der Waals surface area contributed by atoms with Crippen molar-refractivity contribution in [3.8, 4) is 0 Å². The van der Waals surface area contributed by atoms with Crippen LogP contribution in [-0.2, 0) is 4.79 Å². The lowest BCUT2D eigenvalue weighted by Crippen LogP contribution is -2.30. The van der Waals surface area contributed by atoms with Gasteiger partial charge < -0.3 is 10.6 Å². The summed E-state index contributed by atoms with van der Waals surface area (Å²) in [4.78, 5) is 19.4. The number of imidazole rings is 1. The molecule has 0 fully saturated rings. The zero-order valence-electron chi connectivity index (χ0n) is 17.6. The maximum absolute atomic E-state index is 13.5. The summed E-state index contributed by atoms with van der Waals surface area (Å²) in [6.07, 6.45) is 2.03. The van der Waals surface area contributed by atoms with E-state index in [2.05, 4.69) is 39.5 Å². The molecule has 32 heavy (non-hydrogen) atoms. The lowest BCUT2D eigenvalue weighted by molar-refractivity contribution is -0.113. The Hall–Kier alpha value is -3.58. The normalized spacial score (nSPS) is 15.4. The number of nitrogens with one attached hydrogen (secondary N) is 2. The number of hydrogen-bond acceptors (Lipinski definition) is 4. The molecule has 0 unspecified atom stereocenters. The fraction of sp³-hybridized carbons (Fsp3) is 0.120. The van der Waals surface area contributed by atoms with Gasteiger partial charge in [0.25, 0.3) is 5.91 Å². The lowest BCUT2D eigenvalue weighted by Gasteiger charge is -2.30. The Morgan fingerprint density at radius 3 is 2.50 bits per heavy atom. The van der Waals surface area contributed by atoms with Gasteiger partial charge in [-0.2, -0.15) is 0 Å². The van der Waals surface area contributed by atoms with Crippen LogP contribution in [0.3, 0.4) is 0 Å². The monoisotopic (exact) mass is 444 g/mol. The fourth-order valence-corrected chi connectivity index (χ4v) is 4.50. The number of anilines is 2. The van der Waals surface area contributed by atoms with E-state index in [1.54, 1.807) is 23.9 Å². The first kappa shape index (κ1) is 20.3. The Labute approximate surface area is 189 Å². The van der Waals surface area contributed by atoms with Gasteiger partial charge in [0.15, 0.2) is 0 Å². The molecule has 1 atom stereocenters. The van der Waals surface area contributed by atoms with E-state index in [0.29, 0.717) is 17.2 Å². The molecule has 1 aromatic heterocycles. The highest BCUT2D eigenvalue weighted by Gasteiger charge is 2.34. The molecule has 1 aliphatic rings. The molecule has 5 nitrogen and oxygen atoms in total. The first-order valence-electron chi connectivity index (χ1n) is 10.2. The summed E-state index contributed by atoms with van der Waals surface area (Å²) in [5.41, 5.74) is 4.63. The second-order valence-corrected chi connectivity index (χ2v) is 8.47. The zero-order valence-corrected chi connectivity index (χ0v) is 18.4. The van der Waals surface area contributed by atoms with Gasteiger partial charge in [-0.25, -0.2) is 9.37 Å². The Morgan fingerprint density at radius 1 is 1.06 bits per heavy atom. The van der Waals surface area contributed by atoms with Gasteiger partial charge in [-0.05, 0) is 67.3 Å². The summed E-state index contributed by atoms with van der Waals surface area (Å²) in [5, 5.41) is 6.23. The van der Waals surface area contributed by atoms with Crippen LogP contribution in [0.25, 0.3) is 11.0 Å². The van der Waals surface area contributed by atoms with Crippen LogP contribution in [0.1, 0.15) is 18.5 Å². The number of allylic oxidation sites excluding steroid dienone is 1. The SMILES string of the molecule is CSc1ccc([C@@H]2C(C(=O)Nc3ccc(F)cc3)=C(C)Nc3nc4ccccc4n32)cc1. The maximum atomic E-state index is 13.5. The molecule has 5 rings (SSSR count). The van der Waals surface area contributed by atoms with Crippen molar-refractivity contribution in [3.05, 3.63) is 95.4 Å². The standard InChI is InChI=1S/C25H21FN4OS/c1-15-22(24(31)28-18-11-9-17(26)10-12-18)23(16-7-13-19(32-2)14-8-16)30-21-6-4-3-5-20(21)29-25(30)27-15/h3-14,23H,1-2H3,(H,27,29)(H,28,31)/t23-/m1/s1. The highest BCUT2D eigenvalue weighted by molar-refractivity contribution is 7.98. The molecule has 4 aromatic rings. The number of carbonyl (C=O) groups is 1. The summed E-state index contributed by atoms with van der Waals surface area (Å²) in [7, 11) is 0. The van der Waals surface area contributed by atoms with E-state index in [0.717, 1.165) is 27.2 Å². The number of rotatable bonds is 4. The minimum absolute atomic E-state index is 0.246. The first-order chi connectivity index (χ1) is 15.5. The molecule has 0 bridgehead atoms. The van der Waals surface area contributed by atoms with Crippen LogP contribution >= 0.6 is 11.8 Å². The number of halogens is 1. The molecule has 0 saturated heterocycles. The minimum atomic E-state index is -0.366. The van der Waals surface area contributed by atoms with Crippen molar-refractivity contribution in [1.82, 2.24) is 9.55 Å². The third-order valence-corrected chi connectivity index (χ3v) is 6.35. The Kier molecular flexibility index (Phi) is 5.19. The van der Waals surface area contributed by atoms with Gasteiger partial charge in [0, 0.05) is 16.3 Å². The van der Waals surface area contributed by atoms with Crippen LogP contribution < -0.4 is 10.6 Å². The molecule has 160 valence electrons. The van der Waals surface area contributed by atoms with Gasteiger partial charge in [-0.15, -0.1) is 11.8 Å². The van der Waals surface area contributed by atoms with Crippen molar-refractivity contribution >= 4 is 40.3 Å². The largest absolute Gasteiger partial charge is 0.329 e. The van der Waals surface area contributed by atoms with Crippen molar-refractivity contribution in [2.45, 2.75) is 17.9 Å². The number of aromatic nitrogens is 2. The number of benzene rings is 3. The molecule has 2 heterocycles. The van der Waals surface area contributed by atoms with Gasteiger partial charge in [-0.3, -0.25) is 9.36 Å². The van der Waals surface area contributed by atoms with Crippen LogP contribution in [0.15, 0.2) is 89.0 Å². The fourth-order valence-electron chi connectivity index (χ4n) is 4.09. The first-order valence-corrected chi connectivity index (χ1v) is 11.4. The molecule has 0 aliphatic carbocycles. The van der Waals surface area contributed by atoms with E-state index < -0.39 is 0 Å². The Morgan fingerprint density at radius 2 is 1.78 bits per heavy atom. The van der Waals surface area contributed by atoms with Gasteiger partial charge in [0.1, 0.15) is 5.82 Å². The Balaban J connectivity index is 1.64. The summed E-state index contributed by atoms with van der Waals surface area (Å²) in [6, 6.07) is 21.5. The molecule has 1 amide bonds. The van der Waals surface area contributed by atoms with Gasteiger partial charge in [-0.1, -0.05) is 24.3 Å². The third kappa shape index (κ3) is 3.54. The van der Waals surface area contributed by atoms with Crippen molar-refractivity contribution < 1.29 is 9.18 Å². The summed E-state index contributed by atoms with van der Waals surface area (Å²) in [6.45, 7) is 1.88. The third-order valence-electron chi connectivity index (χ3n) is 5.61. The Bertz CT molecular complexity index is 1340. The molecule has 1 aliphatic heterocycles. The highest BCUT2D eigenvalue weighted by atomic mass is 32.2. The molecule has 0 spiro atoms. The van der Waals surface area contributed by atoms with Crippen LogP contribution in [0.5, 0.6) is 0 Å². The smallest absolute Gasteiger partial charge is 0.255 e. The van der Waals surface area contributed by atoms with E-state index in [9.17, 15) is 9.18 Å². The quantitative estimate of drug-likeness (QED) is 0.389. The van der Waals surface area contributed by atoms with Gasteiger partial charge >= 0.3 is 0 Å².